The fourth-order valence-corrected chi connectivity index (χ4v) is 3.21. The van der Waals surface area contributed by atoms with Crippen LogP contribution in [0.4, 0.5) is 0 Å². The highest BCUT2D eigenvalue weighted by Crippen LogP contribution is 2.22. The topological polar surface area (TPSA) is 44.4 Å². The molecule has 2 atom stereocenters. The van der Waals surface area contributed by atoms with Gasteiger partial charge in [-0.1, -0.05) is 0 Å². The van der Waals surface area contributed by atoms with Crippen LogP contribution in [0.5, 0.6) is 0 Å². The molecule has 1 aromatic rings. The number of thiophene rings is 1. The molecule has 19 heavy (non-hydrogen) atoms. The number of carbonyl (C=O) groups is 1. The number of hydrogen-bond donors (Lipinski definition) is 2. The van der Waals surface area contributed by atoms with E-state index in [0.29, 0.717) is 0 Å². The second kappa shape index (κ2) is 6.50. The van der Waals surface area contributed by atoms with Gasteiger partial charge in [0, 0.05) is 35.9 Å². The van der Waals surface area contributed by atoms with Gasteiger partial charge in [0.15, 0.2) is 0 Å². The highest BCUT2D eigenvalue weighted by molar-refractivity contribution is 7.12. The summed E-state index contributed by atoms with van der Waals surface area (Å²) < 4.78 is 0. The summed E-state index contributed by atoms with van der Waals surface area (Å²) in [5.74, 6) is 0.125. The van der Waals surface area contributed by atoms with Crippen LogP contribution in [0.1, 0.15) is 29.6 Å². The maximum Gasteiger partial charge on any atom is 0.237 e. The van der Waals surface area contributed by atoms with Crippen LogP contribution in [0.15, 0.2) is 12.1 Å². The summed E-state index contributed by atoms with van der Waals surface area (Å²) in [6.45, 7) is 9.96. The molecule has 2 rings (SSSR count). The Balaban J connectivity index is 1.89. The van der Waals surface area contributed by atoms with Crippen molar-refractivity contribution >= 4 is 17.2 Å². The van der Waals surface area contributed by atoms with Gasteiger partial charge in [-0.3, -0.25) is 9.69 Å². The fraction of sp³-hybridized carbons (Fsp3) is 0.643. The Kier molecular flexibility index (Phi) is 4.96. The zero-order chi connectivity index (χ0) is 13.8. The molecule has 1 aliphatic rings. The van der Waals surface area contributed by atoms with E-state index in [1.807, 2.05) is 13.8 Å². The lowest BCUT2D eigenvalue weighted by molar-refractivity contribution is -0.126. The molecule has 1 aliphatic heterocycles. The number of aryl methyl sites for hydroxylation is 1. The molecule has 4 nitrogen and oxygen atoms in total. The summed E-state index contributed by atoms with van der Waals surface area (Å²) in [5.41, 5.74) is 0. The number of amides is 1. The molecule has 2 N–H and O–H groups in total. The van der Waals surface area contributed by atoms with Crippen molar-refractivity contribution in [2.24, 2.45) is 0 Å². The molecule has 1 amide bonds. The molecule has 0 saturated carbocycles. The molecule has 1 fully saturated rings. The maximum absolute atomic E-state index is 12.3. The third kappa shape index (κ3) is 3.78. The van der Waals surface area contributed by atoms with E-state index >= 15 is 0 Å². The third-order valence-electron chi connectivity index (χ3n) is 3.63. The van der Waals surface area contributed by atoms with E-state index < -0.39 is 0 Å². The molecule has 2 unspecified atom stereocenters. The highest BCUT2D eigenvalue weighted by Gasteiger charge is 2.24. The Morgan fingerprint density at radius 2 is 2.05 bits per heavy atom. The quantitative estimate of drug-likeness (QED) is 0.879. The Morgan fingerprint density at radius 1 is 1.37 bits per heavy atom. The van der Waals surface area contributed by atoms with Crippen LogP contribution in [0.2, 0.25) is 0 Å². The lowest BCUT2D eigenvalue weighted by atomic mass is 10.2. The van der Waals surface area contributed by atoms with Gasteiger partial charge in [0.1, 0.15) is 0 Å². The average molecular weight is 281 g/mol. The van der Waals surface area contributed by atoms with Gasteiger partial charge < -0.3 is 10.6 Å². The van der Waals surface area contributed by atoms with Gasteiger partial charge in [0.2, 0.25) is 5.91 Å². The van der Waals surface area contributed by atoms with E-state index in [1.165, 1.54) is 9.75 Å². The molecular formula is C14H23N3OS. The largest absolute Gasteiger partial charge is 0.347 e. The summed E-state index contributed by atoms with van der Waals surface area (Å²) in [7, 11) is 0. The van der Waals surface area contributed by atoms with Gasteiger partial charge in [-0.25, -0.2) is 0 Å². The monoisotopic (exact) mass is 281 g/mol. The predicted molar refractivity (Wildman–Crippen MR) is 79.5 cm³/mol. The lowest BCUT2D eigenvalue weighted by Crippen LogP contribution is -2.52. The Morgan fingerprint density at radius 3 is 2.63 bits per heavy atom. The first-order valence-electron chi connectivity index (χ1n) is 6.89. The zero-order valence-corrected chi connectivity index (χ0v) is 12.7. The fourth-order valence-electron chi connectivity index (χ4n) is 2.33. The number of rotatable bonds is 4. The third-order valence-corrected chi connectivity index (χ3v) is 4.81. The van der Waals surface area contributed by atoms with Crippen LogP contribution in [0, 0.1) is 6.92 Å². The number of hydrogen-bond acceptors (Lipinski definition) is 4. The number of carbonyl (C=O) groups excluding carboxylic acids is 1. The van der Waals surface area contributed by atoms with Gasteiger partial charge in [-0.15, -0.1) is 11.3 Å². The molecule has 0 aliphatic carbocycles. The molecule has 0 bridgehead atoms. The smallest absolute Gasteiger partial charge is 0.237 e. The predicted octanol–water partition coefficient (Wildman–Crippen LogP) is 1.53. The molecule has 0 spiro atoms. The maximum atomic E-state index is 12.3. The SMILES string of the molecule is Cc1ccc(C(C)NC(=O)C(C)N2CCNCC2)s1. The van der Waals surface area contributed by atoms with E-state index in [4.69, 9.17) is 0 Å². The van der Waals surface area contributed by atoms with Crippen molar-refractivity contribution in [1.82, 2.24) is 15.5 Å². The van der Waals surface area contributed by atoms with Crippen molar-refractivity contribution in [3.63, 3.8) is 0 Å². The summed E-state index contributed by atoms with van der Waals surface area (Å²) in [6, 6.07) is 4.24. The molecule has 106 valence electrons. The second-order valence-corrected chi connectivity index (χ2v) is 6.46. The van der Waals surface area contributed by atoms with Crippen molar-refractivity contribution in [3.05, 3.63) is 21.9 Å². The summed E-state index contributed by atoms with van der Waals surface area (Å²) in [5, 5.41) is 6.42. The lowest BCUT2D eigenvalue weighted by Gasteiger charge is -2.32. The van der Waals surface area contributed by atoms with E-state index in [0.717, 1.165) is 26.2 Å². The minimum Gasteiger partial charge on any atom is -0.347 e. The minimum atomic E-state index is -0.0504. The van der Waals surface area contributed by atoms with Crippen molar-refractivity contribution in [3.8, 4) is 0 Å². The van der Waals surface area contributed by atoms with Crippen LogP contribution < -0.4 is 10.6 Å². The van der Waals surface area contributed by atoms with Crippen molar-refractivity contribution in [1.29, 1.82) is 0 Å². The highest BCUT2D eigenvalue weighted by atomic mass is 32.1. The van der Waals surface area contributed by atoms with Crippen molar-refractivity contribution < 1.29 is 4.79 Å². The number of nitrogens with zero attached hydrogens (tertiary/aromatic N) is 1. The van der Waals surface area contributed by atoms with Gasteiger partial charge in [-0.2, -0.15) is 0 Å². The van der Waals surface area contributed by atoms with Crippen LogP contribution in [0.3, 0.4) is 0 Å². The van der Waals surface area contributed by atoms with Gasteiger partial charge in [-0.05, 0) is 32.9 Å². The molecule has 0 aromatic carbocycles. The van der Waals surface area contributed by atoms with Gasteiger partial charge in [0.05, 0.1) is 12.1 Å². The Bertz CT molecular complexity index is 426. The molecule has 1 saturated heterocycles. The van der Waals surface area contributed by atoms with Crippen LogP contribution >= 0.6 is 11.3 Å². The zero-order valence-electron chi connectivity index (χ0n) is 11.9. The first kappa shape index (κ1) is 14.5. The first-order valence-corrected chi connectivity index (χ1v) is 7.71. The minimum absolute atomic E-state index is 0.0504. The van der Waals surface area contributed by atoms with Gasteiger partial charge in [0.25, 0.3) is 0 Å². The van der Waals surface area contributed by atoms with Crippen LogP contribution in [0.25, 0.3) is 0 Å². The summed E-state index contributed by atoms with van der Waals surface area (Å²) in [6.07, 6.45) is 0. The Hall–Kier alpha value is -0.910. The summed E-state index contributed by atoms with van der Waals surface area (Å²) >= 11 is 1.75. The standard InChI is InChI=1S/C14H23N3OS/c1-10-4-5-13(19-10)11(2)16-14(18)12(3)17-8-6-15-7-9-17/h4-5,11-12,15H,6-9H2,1-3H3,(H,16,18). The van der Waals surface area contributed by atoms with Crippen molar-refractivity contribution in [2.75, 3.05) is 26.2 Å². The molecule has 1 aromatic heterocycles. The molecule has 2 heterocycles. The van der Waals surface area contributed by atoms with E-state index in [2.05, 4.69) is 34.6 Å². The van der Waals surface area contributed by atoms with Gasteiger partial charge >= 0.3 is 0 Å². The normalized spacial score (nSPS) is 19.9. The second-order valence-electron chi connectivity index (χ2n) is 5.14. The summed E-state index contributed by atoms with van der Waals surface area (Å²) in [4.78, 5) is 17.0. The average Bonchev–Trinajstić information content (AvgIpc) is 2.85. The van der Waals surface area contributed by atoms with Crippen molar-refractivity contribution in [2.45, 2.75) is 32.9 Å². The molecule has 0 radical (unpaired) electrons. The number of piperazine rings is 1. The van der Waals surface area contributed by atoms with Crippen LogP contribution in [-0.2, 0) is 4.79 Å². The van der Waals surface area contributed by atoms with Crippen LogP contribution in [-0.4, -0.2) is 43.0 Å². The van der Waals surface area contributed by atoms with E-state index in [1.54, 1.807) is 11.3 Å². The molecular weight excluding hydrogens is 258 g/mol. The number of nitrogens with one attached hydrogen (secondary N) is 2. The Labute approximate surface area is 119 Å². The van der Waals surface area contributed by atoms with E-state index in [9.17, 15) is 4.79 Å². The first-order chi connectivity index (χ1) is 9.08. The molecule has 5 heteroatoms. The van der Waals surface area contributed by atoms with E-state index in [-0.39, 0.29) is 18.0 Å².